The number of aromatic nitrogens is 1. The number of hydrogen-bond acceptors (Lipinski definition) is 2. The number of halogens is 2. The number of rotatable bonds is 2. The van der Waals surface area contributed by atoms with Crippen LogP contribution in [0, 0.1) is 0 Å². The fourth-order valence-electron chi connectivity index (χ4n) is 1.43. The average Bonchev–Trinajstić information content (AvgIpc) is 2.70. The Hall–Kier alpha value is -1.10. The molecule has 1 heterocycles. The topological polar surface area (TPSA) is 34.4 Å². The zero-order valence-corrected chi connectivity index (χ0v) is 11.9. The van der Waals surface area contributed by atoms with Crippen molar-refractivity contribution in [1.82, 2.24) is 4.57 Å². The molecule has 94 valence electrons. The third-order valence-electron chi connectivity index (χ3n) is 2.37. The number of amides is 1. The van der Waals surface area contributed by atoms with E-state index in [0.29, 0.717) is 20.4 Å². The average molecular weight is 301 g/mol. The molecule has 1 aromatic heterocycles. The molecule has 2 rings (SSSR count). The third-order valence-corrected chi connectivity index (χ3v) is 3.93. The van der Waals surface area contributed by atoms with Crippen molar-refractivity contribution in [3.63, 3.8) is 0 Å². The van der Waals surface area contributed by atoms with Gasteiger partial charge in [-0.25, -0.2) is 0 Å². The largest absolute Gasteiger partial charge is 0.327 e. The standard InChI is InChI=1S/C12H10Cl2N2OS/c1-16-5-6-18-12(16)15-11(17)7-8-9(13)3-2-4-10(8)14/h2-6H,7H2,1H3. The minimum absolute atomic E-state index is 0.108. The molecule has 0 bridgehead atoms. The number of carbonyl (C=O) groups excluding carboxylic acids is 1. The van der Waals surface area contributed by atoms with Gasteiger partial charge in [0.1, 0.15) is 0 Å². The van der Waals surface area contributed by atoms with Gasteiger partial charge in [0.2, 0.25) is 0 Å². The van der Waals surface area contributed by atoms with Crippen molar-refractivity contribution in [1.29, 1.82) is 0 Å². The number of aryl methyl sites for hydroxylation is 1. The fourth-order valence-corrected chi connectivity index (χ4v) is 2.71. The Morgan fingerprint density at radius 3 is 2.61 bits per heavy atom. The Kier molecular flexibility index (Phi) is 4.22. The first kappa shape index (κ1) is 13.3. The summed E-state index contributed by atoms with van der Waals surface area (Å²) in [4.78, 5) is 16.5. The summed E-state index contributed by atoms with van der Waals surface area (Å²) in [7, 11) is 1.84. The van der Waals surface area contributed by atoms with Crippen LogP contribution in [0.1, 0.15) is 5.56 Å². The van der Waals surface area contributed by atoms with Crippen LogP contribution in [-0.2, 0) is 18.3 Å². The molecule has 1 aromatic carbocycles. The molecule has 0 atom stereocenters. The highest BCUT2D eigenvalue weighted by atomic mass is 35.5. The van der Waals surface area contributed by atoms with Gasteiger partial charge < -0.3 is 4.57 Å². The molecule has 18 heavy (non-hydrogen) atoms. The van der Waals surface area contributed by atoms with Crippen LogP contribution in [0.25, 0.3) is 0 Å². The van der Waals surface area contributed by atoms with Crippen LogP contribution in [0.3, 0.4) is 0 Å². The predicted octanol–water partition coefficient (Wildman–Crippen LogP) is 3.06. The molecular weight excluding hydrogens is 291 g/mol. The van der Waals surface area contributed by atoms with Gasteiger partial charge in [0.25, 0.3) is 5.91 Å². The SMILES string of the molecule is Cn1ccsc1=NC(=O)Cc1c(Cl)cccc1Cl. The molecule has 0 radical (unpaired) electrons. The molecule has 0 unspecified atom stereocenters. The second-order valence-corrected chi connectivity index (χ2v) is 5.37. The third kappa shape index (κ3) is 3.02. The number of nitrogens with zero attached hydrogens (tertiary/aromatic N) is 2. The maximum atomic E-state index is 11.8. The Bertz CT molecular complexity index is 625. The van der Waals surface area contributed by atoms with Crippen molar-refractivity contribution in [3.8, 4) is 0 Å². The summed E-state index contributed by atoms with van der Waals surface area (Å²) < 4.78 is 1.79. The molecule has 3 nitrogen and oxygen atoms in total. The van der Waals surface area contributed by atoms with E-state index in [4.69, 9.17) is 23.2 Å². The van der Waals surface area contributed by atoms with Gasteiger partial charge in [-0.3, -0.25) is 4.79 Å². The molecule has 0 saturated carbocycles. The smallest absolute Gasteiger partial charge is 0.252 e. The molecular formula is C12H10Cl2N2OS. The van der Waals surface area contributed by atoms with Gasteiger partial charge in [-0.15, -0.1) is 11.3 Å². The Labute approximate surface area is 118 Å². The summed E-state index contributed by atoms with van der Waals surface area (Å²) in [6.45, 7) is 0. The second-order valence-electron chi connectivity index (χ2n) is 3.68. The minimum atomic E-state index is -0.261. The van der Waals surface area contributed by atoms with Crippen LogP contribution in [0.15, 0.2) is 34.8 Å². The maximum absolute atomic E-state index is 11.8. The molecule has 6 heteroatoms. The first-order valence-corrected chi connectivity index (χ1v) is 6.82. The van der Waals surface area contributed by atoms with Crippen molar-refractivity contribution in [3.05, 3.63) is 50.2 Å². The van der Waals surface area contributed by atoms with E-state index in [1.165, 1.54) is 11.3 Å². The highest BCUT2D eigenvalue weighted by Crippen LogP contribution is 2.24. The van der Waals surface area contributed by atoms with Crippen molar-refractivity contribution >= 4 is 40.4 Å². The summed E-state index contributed by atoms with van der Waals surface area (Å²) in [6.07, 6.45) is 1.95. The normalized spacial score (nSPS) is 11.8. The van der Waals surface area contributed by atoms with Crippen LogP contribution in [0.2, 0.25) is 10.0 Å². The molecule has 0 aliphatic heterocycles. The Balaban J connectivity index is 2.26. The van der Waals surface area contributed by atoms with E-state index in [1.54, 1.807) is 22.8 Å². The molecule has 0 aliphatic rings. The number of hydrogen-bond donors (Lipinski definition) is 0. The summed E-state index contributed by atoms with van der Waals surface area (Å²) in [5, 5.41) is 2.84. The van der Waals surface area contributed by atoms with Gasteiger partial charge in [0.15, 0.2) is 4.80 Å². The van der Waals surface area contributed by atoms with E-state index in [9.17, 15) is 4.79 Å². The van der Waals surface area contributed by atoms with Gasteiger partial charge in [-0.2, -0.15) is 4.99 Å². The summed E-state index contributed by atoms with van der Waals surface area (Å²) >= 11 is 13.4. The highest BCUT2D eigenvalue weighted by molar-refractivity contribution is 7.07. The van der Waals surface area contributed by atoms with Gasteiger partial charge in [-0.05, 0) is 17.7 Å². The zero-order chi connectivity index (χ0) is 13.1. The minimum Gasteiger partial charge on any atom is -0.327 e. The van der Waals surface area contributed by atoms with Crippen molar-refractivity contribution in [2.24, 2.45) is 12.0 Å². The van der Waals surface area contributed by atoms with Crippen molar-refractivity contribution < 1.29 is 4.79 Å². The highest BCUT2D eigenvalue weighted by Gasteiger charge is 2.10. The lowest BCUT2D eigenvalue weighted by Gasteiger charge is -2.03. The van der Waals surface area contributed by atoms with E-state index in [2.05, 4.69) is 4.99 Å². The van der Waals surface area contributed by atoms with Crippen LogP contribution in [0.5, 0.6) is 0 Å². The van der Waals surface area contributed by atoms with Gasteiger partial charge in [0.05, 0.1) is 6.42 Å². The first-order chi connectivity index (χ1) is 8.58. The van der Waals surface area contributed by atoms with Crippen LogP contribution >= 0.6 is 34.5 Å². The quantitative estimate of drug-likeness (QED) is 0.839. The van der Waals surface area contributed by atoms with Crippen LogP contribution in [-0.4, -0.2) is 10.5 Å². The molecule has 0 N–H and O–H groups in total. The lowest BCUT2D eigenvalue weighted by molar-refractivity contribution is -0.117. The van der Waals surface area contributed by atoms with Gasteiger partial charge in [0, 0.05) is 28.7 Å². The molecule has 0 fully saturated rings. The lowest BCUT2D eigenvalue weighted by Crippen LogP contribution is -2.13. The van der Waals surface area contributed by atoms with E-state index < -0.39 is 0 Å². The van der Waals surface area contributed by atoms with Crippen LogP contribution < -0.4 is 4.80 Å². The van der Waals surface area contributed by atoms with Gasteiger partial charge >= 0.3 is 0 Å². The van der Waals surface area contributed by atoms with Crippen molar-refractivity contribution in [2.45, 2.75) is 6.42 Å². The fraction of sp³-hybridized carbons (Fsp3) is 0.167. The maximum Gasteiger partial charge on any atom is 0.252 e. The van der Waals surface area contributed by atoms with Gasteiger partial charge in [-0.1, -0.05) is 29.3 Å². The second kappa shape index (κ2) is 5.69. The number of carbonyl (C=O) groups is 1. The van der Waals surface area contributed by atoms with Crippen molar-refractivity contribution in [2.75, 3.05) is 0 Å². The van der Waals surface area contributed by atoms with E-state index >= 15 is 0 Å². The van der Waals surface area contributed by atoms with E-state index in [-0.39, 0.29) is 12.3 Å². The number of thiazole rings is 1. The summed E-state index contributed by atoms with van der Waals surface area (Å²) in [5.74, 6) is -0.261. The molecule has 0 aliphatic carbocycles. The van der Waals surface area contributed by atoms with E-state index in [0.717, 1.165) is 0 Å². The lowest BCUT2D eigenvalue weighted by atomic mass is 10.1. The monoisotopic (exact) mass is 300 g/mol. The predicted molar refractivity (Wildman–Crippen MR) is 74.0 cm³/mol. The molecule has 2 aromatic rings. The molecule has 1 amide bonds. The first-order valence-electron chi connectivity index (χ1n) is 5.18. The number of benzene rings is 1. The molecule has 0 spiro atoms. The Morgan fingerprint density at radius 1 is 1.39 bits per heavy atom. The Morgan fingerprint density at radius 2 is 2.06 bits per heavy atom. The zero-order valence-electron chi connectivity index (χ0n) is 9.56. The van der Waals surface area contributed by atoms with E-state index in [1.807, 2.05) is 18.6 Å². The summed E-state index contributed by atoms with van der Waals surface area (Å²) in [5.41, 5.74) is 0.619. The van der Waals surface area contributed by atoms with Crippen LogP contribution in [0.4, 0.5) is 0 Å². The molecule has 0 saturated heterocycles. The summed E-state index contributed by atoms with van der Waals surface area (Å²) in [6, 6.07) is 5.16.